The number of likely N-dealkylation sites (N-methyl/N-ethyl adjacent to an activating group) is 1. The molecule has 1 aliphatic heterocycles. The molecule has 0 aliphatic carbocycles. The molecule has 2 N–H and O–H groups in total. The third kappa shape index (κ3) is 2.89. The molecule has 0 radical (unpaired) electrons. The third-order valence-electron chi connectivity index (χ3n) is 3.86. The molecule has 102 valence electrons. The smallest absolute Gasteiger partial charge is 0.136 e. The van der Waals surface area contributed by atoms with Crippen molar-refractivity contribution in [3.63, 3.8) is 0 Å². The van der Waals surface area contributed by atoms with Crippen LogP contribution in [0.1, 0.15) is 36.4 Å². The Morgan fingerprint density at radius 3 is 2.89 bits per heavy atom. The van der Waals surface area contributed by atoms with Gasteiger partial charge < -0.3 is 10.5 Å². The van der Waals surface area contributed by atoms with Gasteiger partial charge in [0.15, 0.2) is 0 Å². The van der Waals surface area contributed by atoms with Crippen molar-refractivity contribution < 1.29 is 4.74 Å². The molecule has 19 heavy (non-hydrogen) atoms. The summed E-state index contributed by atoms with van der Waals surface area (Å²) < 4.78 is 5.19. The van der Waals surface area contributed by atoms with E-state index in [1.165, 1.54) is 12.8 Å². The van der Waals surface area contributed by atoms with Crippen LogP contribution >= 0.6 is 0 Å². The maximum Gasteiger partial charge on any atom is 0.136 e. The van der Waals surface area contributed by atoms with Gasteiger partial charge in [0.2, 0.25) is 0 Å². The lowest BCUT2D eigenvalue weighted by atomic mass is 9.95. The van der Waals surface area contributed by atoms with Crippen LogP contribution in [0.15, 0.2) is 18.2 Å². The zero-order valence-corrected chi connectivity index (χ0v) is 11.6. The first kappa shape index (κ1) is 13.9. The normalized spacial score (nSPS) is 24.5. The second-order valence-electron chi connectivity index (χ2n) is 5.16. The van der Waals surface area contributed by atoms with Crippen LogP contribution < -0.4 is 10.5 Å². The summed E-state index contributed by atoms with van der Waals surface area (Å²) in [6.07, 6.45) is 3.38. The molecule has 1 heterocycles. The van der Waals surface area contributed by atoms with E-state index < -0.39 is 0 Å². The summed E-state index contributed by atoms with van der Waals surface area (Å²) >= 11 is 0. The van der Waals surface area contributed by atoms with E-state index in [1.54, 1.807) is 7.11 Å². The van der Waals surface area contributed by atoms with Gasteiger partial charge in [0, 0.05) is 12.1 Å². The summed E-state index contributed by atoms with van der Waals surface area (Å²) in [4.78, 5) is 2.29. The molecular formula is C15H21N3O. The van der Waals surface area contributed by atoms with Gasteiger partial charge in [0.1, 0.15) is 11.8 Å². The number of nitriles is 1. The molecule has 0 saturated carbocycles. The standard InChI is InChI=1S/C15H21N3O/c1-18-8-4-3-5-13(17)15(18)11-6-7-14(19-2)12(9-11)10-16/h6-7,9,13,15H,3-5,8,17H2,1-2H3. The predicted octanol–water partition coefficient (Wildman–Crippen LogP) is 2.05. The van der Waals surface area contributed by atoms with Crippen LogP contribution in [0.25, 0.3) is 0 Å². The van der Waals surface area contributed by atoms with E-state index in [0.717, 1.165) is 18.5 Å². The van der Waals surface area contributed by atoms with E-state index in [9.17, 15) is 5.26 Å². The molecule has 0 aromatic heterocycles. The predicted molar refractivity (Wildman–Crippen MR) is 74.9 cm³/mol. The number of likely N-dealkylation sites (tertiary alicyclic amines) is 1. The number of methoxy groups -OCH3 is 1. The molecule has 1 aliphatic rings. The highest BCUT2D eigenvalue weighted by Crippen LogP contribution is 2.30. The Morgan fingerprint density at radius 1 is 1.42 bits per heavy atom. The Balaban J connectivity index is 2.36. The van der Waals surface area contributed by atoms with Crippen molar-refractivity contribution in [1.82, 2.24) is 4.90 Å². The van der Waals surface area contributed by atoms with Gasteiger partial charge in [0.25, 0.3) is 0 Å². The molecule has 4 nitrogen and oxygen atoms in total. The summed E-state index contributed by atoms with van der Waals surface area (Å²) in [5.41, 5.74) is 7.99. The summed E-state index contributed by atoms with van der Waals surface area (Å²) in [5, 5.41) is 9.18. The van der Waals surface area contributed by atoms with Crippen LogP contribution in [-0.2, 0) is 0 Å². The fourth-order valence-corrected chi connectivity index (χ4v) is 2.86. The number of hydrogen-bond donors (Lipinski definition) is 1. The highest BCUT2D eigenvalue weighted by Gasteiger charge is 2.26. The van der Waals surface area contributed by atoms with E-state index in [4.69, 9.17) is 10.5 Å². The number of nitrogens with zero attached hydrogens (tertiary/aromatic N) is 2. The first-order chi connectivity index (χ1) is 9.17. The van der Waals surface area contributed by atoms with E-state index in [1.807, 2.05) is 18.2 Å². The molecule has 1 aromatic carbocycles. The largest absolute Gasteiger partial charge is 0.495 e. The molecule has 0 bridgehead atoms. The first-order valence-corrected chi connectivity index (χ1v) is 6.71. The zero-order valence-electron chi connectivity index (χ0n) is 11.6. The van der Waals surface area contributed by atoms with Gasteiger partial charge in [-0.3, -0.25) is 4.90 Å². The fourth-order valence-electron chi connectivity index (χ4n) is 2.86. The van der Waals surface area contributed by atoms with Crippen molar-refractivity contribution in [3.8, 4) is 11.8 Å². The SMILES string of the molecule is COc1ccc(C2C(N)CCCCN2C)cc1C#N. The molecular weight excluding hydrogens is 238 g/mol. The number of rotatable bonds is 2. The van der Waals surface area contributed by atoms with E-state index in [0.29, 0.717) is 11.3 Å². The quantitative estimate of drug-likeness (QED) is 0.883. The fraction of sp³-hybridized carbons (Fsp3) is 0.533. The molecule has 2 rings (SSSR count). The second-order valence-corrected chi connectivity index (χ2v) is 5.16. The Labute approximate surface area is 114 Å². The molecule has 1 saturated heterocycles. The van der Waals surface area contributed by atoms with Gasteiger partial charge >= 0.3 is 0 Å². The van der Waals surface area contributed by atoms with Crippen LogP contribution in [0, 0.1) is 11.3 Å². The van der Waals surface area contributed by atoms with Gasteiger partial charge in [-0.1, -0.05) is 12.5 Å². The van der Waals surface area contributed by atoms with Crippen molar-refractivity contribution in [2.45, 2.75) is 31.3 Å². The number of ether oxygens (including phenoxy) is 1. The Morgan fingerprint density at radius 2 is 2.21 bits per heavy atom. The van der Waals surface area contributed by atoms with E-state index in [2.05, 4.69) is 18.0 Å². The maximum atomic E-state index is 9.18. The molecule has 2 atom stereocenters. The highest BCUT2D eigenvalue weighted by molar-refractivity contribution is 5.46. The summed E-state index contributed by atoms with van der Waals surface area (Å²) in [6, 6.07) is 8.27. The van der Waals surface area contributed by atoms with Crippen LogP contribution in [0.2, 0.25) is 0 Å². The van der Waals surface area contributed by atoms with Crippen LogP contribution in [0.5, 0.6) is 5.75 Å². The molecule has 1 fully saturated rings. The molecule has 0 spiro atoms. The Kier molecular flexibility index (Phi) is 4.41. The second kappa shape index (κ2) is 6.05. The lowest BCUT2D eigenvalue weighted by Gasteiger charge is -2.30. The van der Waals surface area contributed by atoms with Crippen LogP contribution in [0.4, 0.5) is 0 Å². The van der Waals surface area contributed by atoms with Crippen molar-refractivity contribution >= 4 is 0 Å². The molecule has 4 heteroatoms. The minimum atomic E-state index is 0.118. The van der Waals surface area contributed by atoms with Gasteiger partial charge in [-0.25, -0.2) is 0 Å². The topological polar surface area (TPSA) is 62.3 Å². The zero-order chi connectivity index (χ0) is 13.8. The summed E-state index contributed by atoms with van der Waals surface area (Å²) in [5.74, 6) is 0.621. The molecule has 0 amide bonds. The van der Waals surface area contributed by atoms with E-state index >= 15 is 0 Å². The number of nitrogens with two attached hydrogens (primary N) is 1. The number of hydrogen-bond acceptors (Lipinski definition) is 4. The summed E-state index contributed by atoms with van der Waals surface area (Å²) in [7, 11) is 3.69. The average molecular weight is 259 g/mol. The van der Waals surface area contributed by atoms with Crippen molar-refractivity contribution in [3.05, 3.63) is 29.3 Å². The van der Waals surface area contributed by atoms with Crippen molar-refractivity contribution in [1.29, 1.82) is 5.26 Å². The van der Waals surface area contributed by atoms with Gasteiger partial charge in [0.05, 0.1) is 12.7 Å². The van der Waals surface area contributed by atoms with E-state index in [-0.39, 0.29) is 12.1 Å². The average Bonchev–Trinajstić information content (AvgIpc) is 2.59. The van der Waals surface area contributed by atoms with Crippen LogP contribution in [-0.4, -0.2) is 31.6 Å². The van der Waals surface area contributed by atoms with Gasteiger partial charge in [-0.05, 0) is 44.1 Å². The van der Waals surface area contributed by atoms with Crippen LogP contribution in [0.3, 0.4) is 0 Å². The lowest BCUT2D eigenvalue weighted by Crippen LogP contribution is -2.37. The Bertz CT molecular complexity index is 469. The summed E-state index contributed by atoms with van der Waals surface area (Å²) in [6.45, 7) is 1.05. The minimum absolute atomic E-state index is 0.118. The Hall–Kier alpha value is -1.57. The van der Waals surface area contributed by atoms with Crippen molar-refractivity contribution in [2.75, 3.05) is 20.7 Å². The lowest BCUT2D eigenvalue weighted by molar-refractivity contribution is 0.230. The highest BCUT2D eigenvalue weighted by atomic mass is 16.5. The third-order valence-corrected chi connectivity index (χ3v) is 3.86. The monoisotopic (exact) mass is 259 g/mol. The molecule has 2 unspecified atom stereocenters. The number of benzene rings is 1. The van der Waals surface area contributed by atoms with Gasteiger partial charge in [-0.15, -0.1) is 0 Å². The van der Waals surface area contributed by atoms with Gasteiger partial charge in [-0.2, -0.15) is 5.26 Å². The maximum absolute atomic E-state index is 9.18. The first-order valence-electron chi connectivity index (χ1n) is 6.71. The molecule has 1 aromatic rings. The minimum Gasteiger partial charge on any atom is -0.495 e. The van der Waals surface area contributed by atoms with Crippen molar-refractivity contribution in [2.24, 2.45) is 5.73 Å².